The first-order valence-corrected chi connectivity index (χ1v) is 8.09. The van der Waals surface area contributed by atoms with E-state index < -0.39 is 24.4 Å². The molecule has 1 heterocycles. The van der Waals surface area contributed by atoms with Gasteiger partial charge in [-0.1, -0.05) is 0 Å². The molecule has 0 bridgehead atoms. The summed E-state index contributed by atoms with van der Waals surface area (Å²) in [6.07, 6.45) is 1.13. The standard InChI is InChI=1S/C17H20F2N2O5/c1-20(10-14(22)21-8-2-3-12(9-21)16(24)25)15(23)11-4-6-13(7-5-11)26-17(18)19/h4-7,12,17H,2-3,8-10H2,1H3,(H,24,25). The number of nitrogens with zero attached hydrogens (tertiary/aromatic N) is 2. The Balaban J connectivity index is 1.93. The number of likely N-dealkylation sites (N-methyl/N-ethyl adjacent to an activating group) is 1. The second-order valence-corrected chi connectivity index (χ2v) is 6.08. The third-order valence-corrected chi connectivity index (χ3v) is 4.17. The summed E-state index contributed by atoms with van der Waals surface area (Å²) < 4.78 is 28.5. The largest absolute Gasteiger partial charge is 0.481 e. The summed E-state index contributed by atoms with van der Waals surface area (Å²) >= 11 is 0. The Morgan fingerprint density at radius 1 is 1.31 bits per heavy atom. The van der Waals surface area contributed by atoms with Crippen molar-refractivity contribution in [2.45, 2.75) is 19.5 Å². The van der Waals surface area contributed by atoms with Gasteiger partial charge in [0.05, 0.1) is 12.5 Å². The highest BCUT2D eigenvalue weighted by atomic mass is 19.3. The number of rotatable bonds is 6. The van der Waals surface area contributed by atoms with Crippen LogP contribution in [-0.2, 0) is 9.59 Å². The molecule has 1 atom stereocenters. The van der Waals surface area contributed by atoms with E-state index in [1.54, 1.807) is 0 Å². The van der Waals surface area contributed by atoms with Gasteiger partial charge in [0.25, 0.3) is 5.91 Å². The van der Waals surface area contributed by atoms with Crippen LogP contribution in [0.15, 0.2) is 24.3 Å². The lowest BCUT2D eigenvalue weighted by atomic mass is 9.98. The molecular weight excluding hydrogens is 350 g/mol. The van der Waals surface area contributed by atoms with Crippen molar-refractivity contribution < 1.29 is 33.0 Å². The molecule has 0 aromatic heterocycles. The van der Waals surface area contributed by atoms with Gasteiger partial charge >= 0.3 is 12.6 Å². The van der Waals surface area contributed by atoms with Gasteiger partial charge < -0.3 is 19.6 Å². The van der Waals surface area contributed by atoms with Crippen LogP contribution in [0.25, 0.3) is 0 Å². The molecule has 1 aliphatic heterocycles. The van der Waals surface area contributed by atoms with Gasteiger partial charge in [0.1, 0.15) is 5.75 Å². The van der Waals surface area contributed by atoms with Gasteiger partial charge in [0.2, 0.25) is 5.91 Å². The van der Waals surface area contributed by atoms with Crippen LogP contribution in [0.2, 0.25) is 0 Å². The van der Waals surface area contributed by atoms with Gasteiger partial charge in [0, 0.05) is 25.7 Å². The number of alkyl halides is 2. The van der Waals surface area contributed by atoms with Gasteiger partial charge in [-0.25, -0.2) is 0 Å². The van der Waals surface area contributed by atoms with Crippen LogP contribution < -0.4 is 4.74 Å². The summed E-state index contributed by atoms with van der Waals surface area (Å²) in [5.74, 6) is -2.37. The lowest BCUT2D eigenvalue weighted by molar-refractivity contribution is -0.145. The van der Waals surface area contributed by atoms with Crippen molar-refractivity contribution in [2.75, 3.05) is 26.7 Å². The van der Waals surface area contributed by atoms with Gasteiger partial charge in [0.15, 0.2) is 0 Å². The first-order chi connectivity index (χ1) is 12.3. The fraction of sp³-hybridized carbons (Fsp3) is 0.471. The average Bonchev–Trinajstić information content (AvgIpc) is 2.61. The maximum Gasteiger partial charge on any atom is 0.387 e. The van der Waals surface area contributed by atoms with Crippen molar-refractivity contribution >= 4 is 17.8 Å². The van der Waals surface area contributed by atoms with Crippen molar-refractivity contribution in [2.24, 2.45) is 5.92 Å². The molecule has 1 aromatic rings. The number of carbonyl (C=O) groups is 3. The van der Waals surface area contributed by atoms with Gasteiger partial charge in [-0.3, -0.25) is 14.4 Å². The van der Waals surface area contributed by atoms with Crippen LogP contribution in [-0.4, -0.2) is 66.0 Å². The number of piperidine rings is 1. The number of benzene rings is 1. The minimum atomic E-state index is -2.95. The summed E-state index contributed by atoms with van der Waals surface area (Å²) in [6.45, 7) is -2.54. The highest BCUT2D eigenvalue weighted by Crippen LogP contribution is 2.18. The monoisotopic (exact) mass is 370 g/mol. The van der Waals surface area contributed by atoms with Gasteiger partial charge in [-0.2, -0.15) is 8.78 Å². The summed E-state index contributed by atoms with van der Waals surface area (Å²) in [5.41, 5.74) is 0.226. The Morgan fingerprint density at radius 2 is 1.96 bits per heavy atom. The molecule has 1 aliphatic rings. The summed E-state index contributed by atoms with van der Waals surface area (Å²) in [5, 5.41) is 9.07. The highest BCUT2D eigenvalue weighted by Gasteiger charge is 2.29. The molecule has 1 aromatic carbocycles. The van der Waals surface area contributed by atoms with Crippen molar-refractivity contribution in [1.29, 1.82) is 0 Å². The predicted molar refractivity (Wildman–Crippen MR) is 87.0 cm³/mol. The molecule has 9 heteroatoms. The first-order valence-electron chi connectivity index (χ1n) is 8.09. The van der Waals surface area contributed by atoms with Crippen molar-refractivity contribution in [1.82, 2.24) is 9.80 Å². The Morgan fingerprint density at radius 3 is 2.54 bits per heavy atom. The maximum absolute atomic E-state index is 12.3. The highest BCUT2D eigenvalue weighted by molar-refractivity contribution is 5.96. The van der Waals surface area contributed by atoms with E-state index in [1.807, 2.05) is 0 Å². The number of halogens is 2. The Labute approximate surface area is 149 Å². The zero-order valence-corrected chi connectivity index (χ0v) is 14.2. The number of carbonyl (C=O) groups excluding carboxylic acids is 2. The van der Waals surface area contributed by atoms with Crippen molar-refractivity contribution in [3.05, 3.63) is 29.8 Å². The normalized spacial score (nSPS) is 17.1. The number of aliphatic carboxylic acids is 1. The van der Waals surface area contributed by atoms with Crippen LogP contribution >= 0.6 is 0 Å². The maximum atomic E-state index is 12.3. The number of likely N-dealkylation sites (tertiary alicyclic amines) is 1. The van der Waals surface area contributed by atoms with E-state index >= 15 is 0 Å². The second-order valence-electron chi connectivity index (χ2n) is 6.08. The lowest BCUT2D eigenvalue weighted by Crippen LogP contribution is -2.46. The van der Waals surface area contributed by atoms with E-state index in [4.69, 9.17) is 5.11 Å². The van der Waals surface area contributed by atoms with E-state index in [0.717, 1.165) is 0 Å². The van der Waals surface area contributed by atoms with E-state index in [2.05, 4.69) is 4.74 Å². The van der Waals surface area contributed by atoms with Crippen molar-refractivity contribution in [3.63, 3.8) is 0 Å². The summed E-state index contributed by atoms with van der Waals surface area (Å²) in [6, 6.07) is 5.17. The van der Waals surface area contributed by atoms with E-state index in [0.29, 0.717) is 19.4 Å². The molecule has 0 aliphatic carbocycles. The molecule has 0 spiro atoms. The van der Waals surface area contributed by atoms with Gasteiger partial charge in [-0.05, 0) is 37.1 Å². The van der Waals surface area contributed by atoms with Crippen LogP contribution in [0.4, 0.5) is 8.78 Å². The molecule has 26 heavy (non-hydrogen) atoms. The van der Waals surface area contributed by atoms with Crippen LogP contribution in [0.3, 0.4) is 0 Å². The molecule has 1 saturated heterocycles. The molecule has 7 nitrogen and oxygen atoms in total. The molecule has 2 rings (SSSR count). The predicted octanol–water partition coefficient (Wildman–Crippen LogP) is 1.68. The quantitative estimate of drug-likeness (QED) is 0.823. The fourth-order valence-corrected chi connectivity index (χ4v) is 2.78. The molecule has 0 saturated carbocycles. The molecule has 0 radical (unpaired) electrons. The average molecular weight is 370 g/mol. The number of hydrogen-bond acceptors (Lipinski definition) is 4. The molecule has 142 valence electrons. The fourth-order valence-electron chi connectivity index (χ4n) is 2.78. The number of ether oxygens (including phenoxy) is 1. The van der Waals surface area contributed by atoms with Gasteiger partial charge in [-0.15, -0.1) is 0 Å². The van der Waals surface area contributed by atoms with Crippen molar-refractivity contribution in [3.8, 4) is 5.75 Å². The molecular formula is C17H20F2N2O5. The summed E-state index contributed by atoms with van der Waals surface area (Å²) in [7, 11) is 1.45. The number of hydrogen-bond donors (Lipinski definition) is 1. The Bertz CT molecular complexity index is 666. The van der Waals surface area contributed by atoms with Crippen LogP contribution in [0, 0.1) is 5.92 Å². The minimum absolute atomic E-state index is 0.0664. The number of carboxylic acid groups (broad SMARTS) is 1. The number of amides is 2. The topological polar surface area (TPSA) is 87.2 Å². The summed E-state index contributed by atoms with van der Waals surface area (Å²) in [4.78, 5) is 38.4. The molecule has 2 amide bonds. The van der Waals surface area contributed by atoms with E-state index in [1.165, 1.54) is 41.1 Å². The smallest absolute Gasteiger partial charge is 0.387 e. The number of carboxylic acids is 1. The Kier molecular flexibility index (Phi) is 6.48. The first kappa shape index (κ1) is 19.6. The molecule has 1 fully saturated rings. The lowest BCUT2D eigenvalue weighted by Gasteiger charge is -2.32. The molecule has 1 N–H and O–H groups in total. The third kappa shape index (κ3) is 5.14. The van der Waals surface area contributed by atoms with Crippen LogP contribution in [0.5, 0.6) is 5.75 Å². The SMILES string of the molecule is CN(CC(=O)N1CCCC(C(=O)O)C1)C(=O)c1ccc(OC(F)F)cc1. The minimum Gasteiger partial charge on any atom is -0.481 e. The second kappa shape index (κ2) is 8.59. The van der Waals surface area contributed by atoms with E-state index in [-0.39, 0.29) is 30.3 Å². The van der Waals surface area contributed by atoms with E-state index in [9.17, 15) is 23.2 Å². The molecule has 1 unspecified atom stereocenters. The van der Waals surface area contributed by atoms with Crippen LogP contribution in [0.1, 0.15) is 23.2 Å². The third-order valence-electron chi connectivity index (χ3n) is 4.17. The zero-order chi connectivity index (χ0) is 19.3. The zero-order valence-electron chi connectivity index (χ0n) is 14.2. The Hall–Kier alpha value is -2.71.